The maximum atomic E-state index is 12.5. The van der Waals surface area contributed by atoms with Crippen molar-refractivity contribution in [2.45, 2.75) is 90.6 Å². The molecule has 0 aliphatic carbocycles. The zero-order valence-corrected chi connectivity index (χ0v) is 32.7. The van der Waals surface area contributed by atoms with Gasteiger partial charge in [0.05, 0.1) is 38.3 Å². The predicted molar refractivity (Wildman–Crippen MR) is 227 cm³/mol. The van der Waals surface area contributed by atoms with E-state index < -0.39 is 0 Å². The van der Waals surface area contributed by atoms with Crippen LogP contribution in [0.2, 0.25) is 0 Å². The maximum Gasteiger partial charge on any atom is 0.169 e. The number of pyridine rings is 2. The summed E-state index contributed by atoms with van der Waals surface area (Å²) in [5, 5.41) is 8.92. The number of ketones is 1. The van der Waals surface area contributed by atoms with Crippen LogP contribution in [0.5, 0.6) is 0 Å². The average Bonchev–Trinajstić information content (AvgIpc) is 4.00. The van der Waals surface area contributed by atoms with Crippen LogP contribution in [0.1, 0.15) is 98.8 Å². The monoisotopic (exact) mass is 750 g/mol. The van der Waals surface area contributed by atoms with Crippen LogP contribution >= 0.6 is 22.7 Å². The highest BCUT2D eigenvalue weighted by atomic mass is 32.1. The van der Waals surface area contributed by atoms with Gasteiger partial charge in [-0.3, -0.25) is 14.8 Å². The van der Waals surface area contributed by atoms with E-state index >= 15 is 0 Å². The number of rotatable bonds is 17. The second kappa shape index (κ2) is 16.2. The van der Waals surface area contributed by atoms with Gasteiger partial charge < -0.3 is 13.9 Å². The molecule has 6 heterocycles. The molecule has 2 aromatic carbocycles. The molecular formula is C46H46N4O2S2. The maximum absolute atomic E-state index is 12.5. The zero-order chi connectivity index (χ0) is 37.0. The highest BCUT2D eigenvalue weighted by Gasteiger charge is 2.28. The highest BCUT2D eigenvalue weighted by molar-refractivity contribution is 7.12. The van der Waals surface area contributed by atoms with Gasteiger partial charge in [-0.15, -0.1) is 22.7 Å². The summed E-state index contributed by atoms with van der Waals surface area (Å²) >= 11 is 3.10. The number of carbonyl (C=O) groups is 2. The fraction of sp³-hybridized carbons (Fsp3) is 0.304. The molecule has 0 amide bonds. The van der Waals surface area contributed by atoms with Crippen LogP contribution in [-0.2, 0) is 11.2 Å². The number of hydrogen-bond donors (Lipinski definition) is 0. The van der Waals surface area contributed by atoms with Crippen LogP contribution in [0.3, 0.4) is 0 Å². The van der Waals surface area contributed by atoms with Crippen molar-refractivity contribution >= 4 is 78.4 Å². The van der Waals surface area contributed by atoms with E-state index in [0.717, 1.165) is 78.8 Å². The Balaban J connectivity index is 1.35. The van der Waals surface area contributed by atoms with Crippen LogP contribution in [0.25, 0.3) is 66.1 Å². The van der Waals surface area contributed by atoms with Gasteiger partial charge in [0, 0.05) is 67.1 Å². The van der Waals surface area contributed by atoms with Gasteiger partial charge in [-0.1, -0.05) is 94.7 Å². The van der Waals surface area contributed by atoms with Gasteiger partial charge in [0.15, 0.2) is 5.78 Å². The van der Waals surface area contributed by atoms with E-state index in [1.54, 1.807) is 18.3 Å². The van der Waals surface area contributed by atoms with Crippen molar-refractivity contribution in [2.75, 3.05) is 0 Å². The minimum atomic E-state index is -0.107. The first-order valence-corrected chi connectivity index (χ1v) is 21.2. The van der Waals surface area contributed by atoms with E-state index in [-0.39, 0.29) is 11.9 Å². The number of hydrogen-bond acceptors (Lipinski definition) is 6. The molecule has 8 rings (SSSR count). The Morgan fingerprint density at radius 1 is 0.685 bits per heavy atom. The molecule has 274 valence electrons. The SMILES string of the molecule is CCCCCCCCCCCC(n1c2ccccc2c2ccnc(-c3csc(CC=O)c3)c21)n1c2ccccc2c2ccnc(-c3csc(C(C)=O)c3)c21. The van der Waals surface area contributed by atoms with Crippen molar-refractivity contribution in [1.29, 1.82) is 0 Å². The normalized spacial score (nSPS) is 12.4. The Morgan fingerprint density at radius 3 is 1.78 bits per heavy atom. The third-order valence-electron chi connectivity index (χ3n) is 10.8. The molecule has 0 radical (unpaired) electrons. The van der Waals surface area contributed by atoms with Gasteiger partial charge in [-0.2, -0.15) is 0 Å². The van der Waals surface area contributed by atoms with Crippen molar-refractivity contribution in [2.24, 2.45) is 0 Å². The third-order valence-corrected chi connectivity index (χ3v) is 12.8. The molecule has 0 N–H and O–H groups in total. The molecule has 0 aliphatic rings. The third kappa shape index (κ3) is 6.82. The second-order valence-corrected chi connectivity index (χ2v) is 16.3. The quantitative estimate of drug-likeness (QED) is 0.0528. The lowest BCUT2D eigenvalue weighted by atomic mass is 10.1. The molecule has 0 saturated heterocycles. The summed E-state index contributed by atoms with van der Waals surface area (Å²) in [4.78, 5) is 35.9. The lowest BCUT2D eigenvalue weighted by molar-refractivity contribution is -0.107. The first-order chi connectivity index (χ1) is 26.6. The van der Waals surface area contributed by atoms with Crippen molar-refractivity contribution in [3.63, 3.8) is 0 Å². The van der Waals surface area contributed by atoms with E-state index in [9.17, 15) is 9.59 Å². The smallest absolute Gasteiger partial charge is 0.169 e. The largest absolute Gasteiger partial charge is 0.317 e. The molecule has 1 atom stereocenters. The molecule has 54 heavy (non-hydrogen) atoms. The van der Waals surface area contributed by atoms with Gasteiger partial charge in [0.25, 0.3) is 0 Å². The van der Waals surface area contributed by atoms with Crippen molar-refractivity contribution in [3.05, 3.63) is 106 Å². The number of thiophene rings is 2. The van der Waals surface area contributed by atoms with Crippen LogP contribution in [-0.4, -0.2) is 31.2 Å². The van der Waals surface area contributed by atoms with Crippen molar-refractivity contribution < 1.29 is 9.59 Å². The molecule has 0 aliphatic heterocycles. The number of fused-ring (bicyclic) bond motifs is 6. The van der Waals surface area contributed by atoms with Crippen LogP contribution in [0.15, 0.2) is 96.0 Å². The summed E-state index contributed by atoms with van der Waals surface area (Å²) in [5.41, 5.74) is 8.31. The number of nitrogens with zero attached hydrogens (tertiary/aromatic N) is 4. The molecule has 0 spiro atoms. The number of Topliss-reactive ketones (excluding diaryl/α,β-unsaturated/α-hetero) is 1. The van der Waals surface area contributed by atoms with E-state index in [1.807, 2.05) is 18.5 Å². The van der Waals surface area contributed by atoms with E-state index in [2.05, 4.69) is 93.5 Å². The molecule has 1 unspecified atom stereocenters. The van der Waals surface area contributed by atoms with Gasteiger partial charge >= 0.3 is 0 Å². The molecule has 0 bridgehead atoms. The fourth-order valence-corrected chi connectivity index (χ4v) is 9.90. The molecule has 8 aromatic rings. The molecule has 6 nitrogen and oxygen atoms in total. The topological polar surface area (TPSA) is 69.8 Å². The number of aromatic nitrogens is 4. The molecule has 0 fully saturated rings. The Kier molecular flexibility index (Phi) is 10.8. The Bertz CT molecular complexity index is 2590. The second-order valence-electron chi connectivity index (χ2n) is 14.4. The van der Waals surface area contributed by atoms with Crippen molar-refractivity contribution in [1.82, 2.24) is 19.1 Å². The lowest BCUT2D eigenvalue weighted by Gasteiger charge is -2.26. The minimum Gasteiger partial charge on any atom is -0.317 e. The lowest BCUT2D eigenvalue weighted by Crippen LogP contribution is -2.19. The summed E-state index contributed by atoms with van der Waals surface area (Å²) in [6.45, 7) is 3.91. The Labute approximate surface area is 324 Å². The Hall–Kier alpha value is -4.92. The molecule has 0 saturated carbocycles. The van der Waals surface area contributed by atoms with Crippen LogP contribution in [0, 0.1) is 0 Å². The van der Waals surface area contributed by atoms with Gasteiger partial charge in [0.1, 0.15) is 12.5 Å². The summed E-state index contributed by atoms with van der Waals surface area (Å²) < 4.78 is 5.09. The highest BCUT2D eigenvalue weighted by Crippen LogP contribution is 2.44. The summed E-state index contributed by atoms with van der Waals surface area (Å²) in [6.07, 6.45) is 17.3. The van der Waals surface area contributed by atoms with E-state index in [0.29, 0.717) is 6.42 Å². The first-order valence-electron chi connectivity index (χ1n) is 19.5. The average molecular weight is 751 g/mol. The minimum absolute atomic E-state index is 0.0669. The van der Waals surface area contributed by atoms with Crippen LogP contribution in [0.4, 0.5) is 0 Å². The molecular weight excluding hydrogens is 705 g/mol. The van der Waals surface area contributed by atoms with Gasteiger partial charge in [-0.05, 0) is 56.2 Å². The summed E-state index contributed by atoms with van der Waals surface area (Å²) in [5.74, 6) is 0.0669. The van der Waals surface area contributed by atoms with Crippen molar-refractivity contribution in [3.8, 4) is 22.5 Å². The van der Waals surface area contributed by atoms with Crippen LogP contribution < -0.4 is 0 Å². The fourth-order valence-electron chi connectivity index (χ4n) is 8.29. The number of unbranched alkanes of at least 4 members (excludes halogenated alkanes) is 8. The van der Waals surface area contributed by atoms with Gasteiger partial charge in [-0.25, -0.2) is 0 Å². The number of aldehydes is 1. The number of carbonyl (C=O) groups excluding carboxylic acids is 2. The standard InChI is InChI=1S/C46H46N4O2S2/c1-3-4-5-6-7-8-9-10-11-20-42(49-39-18-14-12-16-35(39)37-21-24-47-43(45(37)49)32-27-34(23-26-51)53-29-32)50-40-19-15-13-17-36(40)38-22-25-48-44(46(38)50)33-28-41(31(2)52)54-30-33/h12-19,21-22,24-30,42H,3-11,20,23H2,1-2H3. The molecule has 8 heteroatoms. The van der Waals surface area contributed by atoms with E-state index in [1.165, 1.54) is 78.9 Å². The summed E-state index contributed by atoms with van der Waals surface area (Å²) in [6, 6.07) is 25.9. The molecule has 6 aromatic heterocycles. The zero-order valence-electron chi connectivity index (χ0n) is 31.1. The predicted octanol–water partition coefficient (Wildman–Crippen LogP) is 13.1. The number of benzene rings is 2. The van der Waals surface area contributed by atoms with Gasteiger partial charge in [0.2, 0.25) is 0 Å². The number of para-hydroxylation sites is 2. The summed E-state index contributed by atoms with van der Waals surface area (Å²) in [7, 11) is 0. The Morgan fingerprint density at radius 2 is 1.22 bits per heavy atom. The first kappa shape index (κ1) is 36.1. The van der Waals surface area contributed by atoms with E-state index in [4.69, 9.17) is 9.97 Å².